The summed E-state index contributed by atoms with van der Waals surface area (Å²) in [6.07, 6.45) is 4.45. The molecule has 0 spiro atoms. The molecule has 0 unspecified atom stereocenters. The third-order valence-electron chi connectivity index (χ3n) is 5.66. The number of nitrogens with zero attached hydrogens (tertiary/aromatic N) is 3. The van der Waals surface area contributed by atoms with E-state index < -0.39 is 0 Å². The second-order valence-corrected chi connectivity index (χ2v) is 8.51. The summed E-state index contributed by atoms with van der Waals surface area (Å²) in [5.41, 5.74) is 2.41. The van der Waals surface area contributed by atoms with Crippen LogP contribution >= 0.6 is 11.3 Å². The minimum atomic E-state index is -0.0200. The Morgan fingerprint density at radius 1 is 1.21 bits per heavy atom. The first kappa shape index (κ1) is 19.2. The van der Waals surface area contributed by atoms with E-state index in [0.717, 1.165) is 61.2 Å². The van der Waals surface area contributed by atoms with Crippen molar-refractivity contribution in [3.63, 3.8) is 0 Å². The van der Waals surface area contributed by atoms with Crippen molar-refractivity contribution in [1.29, 1.82) is 0 Å². The summed E-state index contributed by atoms with van der Waals surface area (Å²) >= 11 is 1.66. The number of likely N-dealkylation sites (tertiary alicyclic amines) is 1. The van der Waals surface area contributed by atoms with Gasteiger partial charge in [0.25, 0.3) is 5.91 Å². The number of carbonyl (C=O) groups excluding carboxylic acids is 1. The van der Waals surface area contributed by atoms with Gasteiger partial charge in [0.1, 0.15) is 5.75 Å². The van der Waals surface area contributed by atoms with Crippen molar-refractivity contribution in [1.82, 2.24) is 15.2 Å². The highest BCUT2D eigenvalue weighted by Gasteiger charge is 2.21. The number of hydrogen-bond donors (Lipinski definition) is 1. The summed E-state index contributed by atoms with van der Waals surface area (Å²) in [6, 6.07) is 5.86. The van der Waals surface area contributed by atoms with Crippen LogP contribution < -0.4 is 15.0 Å². The quantitative estimate of drug-likeness (QED) is 0.835. The van der Waals surface area contributed by atoms with Gasteiger partial charge in [0.05, 0.1) is 12.8 Å². The molecule has 6 nitrogen and oxygen atoms in total. The summed E-state index contributed by atoms with van der Waals surface area (Å²) in [6.45, 7) is 4.19. The Labute approximate surface area is 170 Å². The minimum Gasteiger partial charge on any atom is -0.496 e. The number of amides is 1. The number of methoxy groups -OCH3 is 1. The summed E-state index contributed by atoms with van der Waals surface area (Å²) in [5, 5.41) is 6.30. The predicted octanol–water partition coefficient (Wildman–Crippen LogP) is 3.24. The van der Waals surface area contributed by atoms with Gasteiger partial charge in [0.2, 0.25) is 0 Å². The molecule has 1 aromatic heterocycles. The summed E-state index contributed by atoms with van der Waals surface area (Å²) in [7, 11) is 3.78. The van der Waals surface area contributed by atoms with Crippen molar-refractivity contribution in [3.05, 3.63) is 29.1 Å². The molecule has 2 saturated heterocycles. The van der Waals surface area contributed by atoms with Gasteiger partial charge >= 0.3 is 0 Å². The van der Waals surface area contributed by atoms with Gasteiger partial charge in [0, 0.05) is 35.6 Å². The van der Waals surface area contributed by atoms with Crippen LogP contribution in [0.25, 0.3) is 11.3 Å². The highest BCUT2D eigenvalue weighted by atomic mass is 32.1. The number of thiazole rings is 1. The predicted molar refractivity (Wildman–Crippen MR) is 114 cm³/mol. The highest BCUT2D eigenvalue weighted by Crippen LogP contribution is 2.35. The van der Waals surface area contributed by atoms with Gasteiger partial charge in [-0.2, -0.15) is 0 Å². The van der Waals surface area contributed by atoms with Gasteiger partial charge in [-0.15, -0.1) is 11.3 Å². The maximum absolute atomic E-state index is 12.8. The van der Waals surface area contributed by atoms with Crippen LogP contribution in [0.2, 0.25) is 0 Å². The van der Waals surface area contributed by atoms with Gasteiger partial charge in [-0.3, -0.25) is 4.79 Å². The van der Waals surface area contributed by atoms with Crippen molar-refractivity contribution in [2.24, 2.45) is 0 Å². The van der Waals surface area contributed by atoms with Crippen LogP contribution in [0.5, 0.6) is 5.75 Å². The number of benzene rings is 1. The number of aromatic nitrogens is 1. The average molecular weight is 401 g/mol. The third kappa shape index (κ3) is 4.15. The van der Waals surface area contributed by atoms with E-state index in [4.69, 9.17) is 9.72 Å². The van der Waals surface area contributed by atoms with E-state index in [9.17, 15) is 4.79 Å². The second kappa shape index (κ2) is 8.49. The lowest BCUT2D eigenvalue weighted by Gasteiger charge is -2.29. The molecule has 0 aliphatic carbocycles. The van der Waals surface area contributed by atoms with Crippen molar-refractivity contribution < 1.29 is 9.53 Å². The number of rotatable bonds is 5. The number of anilines is 1. The van der Waals surface area contributed by atoms with E-state index in [0.29, 0.717) is 5.56 Å². The molecule has 1 aromatic carbocycles. The van der Waals surface area contributed by atoms with Crippen molar-refractivity contribution in [3.8, 4) is 17.0 Å². The molecule has 2 aliphatic heterocycles. The maximum Gasteiger partial charge on any atom is 0.251 e. The van der Waals surface area contributed by atoms with Crippen molar-refractivity contribution in [2.75, 3.05) is 45.2 Å². The molecule has 2 aromatic rings. The zero-order chi connectivity index (χ0) is 19.5. The number of nitrogens with one attached hydrogen (secondary N) is 1. The molecule has 4 rings (SSSR count). The summed E-state index contributed by atoms with van der Waals surface area (Å²) < 4.78 is 5.54. The van der Waals surface area contributed by atoms with Gasteiger partial charge in [0.15, 0.2) is 5.13 Å². The molecule has 150 valence electrons. The van der Waals surface area contributed by atoms with E-state index >= 15 is 0 Å². The smallest absolute Gasteiger partial charge is 0.251 e. The molecule has 0 radical (unpaired) electrons. The molecule has 2 aliphatic rings. The monoisotopic (exact) mass is 400 g/mol. The Morgan fingerprint density at radius 2 is 1.96 bits per heavy atom. The number of carbonyl (C=O) groups is 1. The first-order chi connectivity index (χ1) is 13.6. The summed E-state index contributed by atoms with van der Waals surface area (Å²) in [4.78, 5) is 22.3. The fourth-order valence-corrected chi connectivity index (χ4v) is 4.79. The van der Waals surface area contributed by atoms with Crippen LogP contribution in [0.1, 0.15) is 36.0 Å². The van der Waals surface area contributed by atoms with Crippen LogP contribution in [-0.4, -0.2) is 62.2 Å². The molecule has 0 bridgehead atoms. The largest absolute Gasteiger partial charge is 0.496 e. The molecule has 28 heavy (non-hydrogen) atoms. The average Bonchev–Trinajstić information content (AvgIpc) is 3.41. The van der Waals surface area contributed by atoms with Crippen LogP contribution in [0, 0.1) is 0 Å². The van der Waals surface area contributed by atoms with E-state index in [-0.39, 0.29) is 11.9 Å². The van der Waals surface area contributed by atoms with Crippen molar-refractivity contribution in [2.45, 2.75) is 31.7 Å². The molecule has 1 amide bonds. The Kier molecular flexibility index (Phi) is 5.82. The van der Waals surface area contributed by atoms with Crippen LogP contribution in [0.4, 0.5) is 5.13 Å². The van der Waals surface area contributed by atoms with E-state index in [1.54, 1.807) is 18.4 Å². The standard InChI is InChI=1S/C21H28N4O2S/c1-24-11-7-16(8-12-24)22-20(26)15-5-6-19(27-2)17(13-15)18-14-28-21(23-18)25-9-3-4-10-25/h5-6,13-14,16H,3-4,7-12H2,1-2H3,(H,22,26). The molecule has 0 saturated carbocycles. The molecule has 3 heterocycles. The summed E-state index contributed by atoms with van der Waals surface area (Å²) in [5.74, 6) is 0.725. The number of piperidine rings is 1. The van der Waals surface area contributed by atoms with Gasteiger partial charge in [-0.1, -0.05) is 0 Å². The van der Waals surface area contributed by atoms with E-state index in [1.165, 1.54) is 12.8 Å². The highest BCUT2D eigenvalue weighted by molar-refractivity contribution is 7.14. The third-order valence-corrected chi connectivity index (χ3v) is 6.56. The van der Waals surface area contributed by atoms with Gasteiger partial charge in [-0.05, 0) is 64.0 Å². The van der Waals surface area contributed by atoms with Gasteiger partial charge in [-0.25, -0.2) is 4.98 Å². The van der Waals surface area contributed by atoms with Crippen LogP contribution in [-0.2, 0) is 0 Å². The SMILES string of the molecule is COc1ccc(C(=O)NC2CCN(C)CC2)cc1-c1csc(N2CCCC2)n1. The maximum atomic E-state index is 12.8. The topological polar surface area (TPSA) is 57.7 Å². The zero-order valence-electron chi connectivity index (χ0n) is 16.6. The Morgan fingerprint density at radius 3 is 2.68 bits per heavy atom. The van der Waals surface area contributed by atoms with E-state index in [2.05, 4.69) is 27.5 Å². The molecule has 7 heteroatoms. The lowest BCUT2D eigenvalue weighted by molar-refractivity contribution is 0.0917. The minimum absolute atomic E-state index is 0.0200. The van der Waals surface area contributed by atoms with E-state index in [1.807, 2.05) is 18.2 Å². The number of hydrogen-bond acceptors (Lipinski definition) is 6. The molecular formula is C21H28N4O2S. The fourth-order valence-electron chi connectivity index (χ4n) is 3.91. The Balaban J connectivity index is 1.53. The lowest BCUT2D eigenvalue weighted by atomic mass is 10.0. The molecular weight excluding hydrogens is 372 g/mol. The lowest BCUT2D eigenvalue weighted by Crippen LogP contribution is -2.43. The molecule has 0 atom stereocenters. The molecule has 1 N–H and O–H groups in total. The molecule has 2 fully saturated rings. The normalized spacial score (nSPS) is 18.4. The fraction of sp³-hybridized carbons (Fsp3) is 0.524. The first-order valence-electron chi connectivity index (χ1n) is 10.0. The Hall–Kier alpha value is -2.12. The van der Waals surface area contributed by atoms with Crippen LogP contribution in [0.3, 0.4) is 0 Å². The Bertz CT molecular complexity index is 824. The first-order valence-corrected chi connectivity index (χ1v) is 10.9. The number of ether oxygens (including phenoxy) is 1. The second-order valence-electron chi connectivity index (χ2n) is 7.68. The van der Waals surface area contributed by atoms with Crippen molar-refractivity contribution >= 4 is 22.4 Å². The van der Waals surface area contributed by atoms with Crippen LogP contribution in [0.15, 0.2) is 23.6 Å². The zero-order valence-corrected chi connectivity index (χ0v) is 17.4. The van der Waals surface area contributed by atoms with Gasteiger partial charge < -0.3 is 19.9 Å².